The summed E-state index contributed by atoms with van der Waals surface area (Å²) in [5.41, 5.74) is 7.07. The van der Waals surface area contributed by atoms with Gasteiger partial charge >= 0.3 is 0 Å². The normalized spacial score (nSPS) is 11.4. The molecule has 1 heterocycles. The molecular weight excluding hydrogens is 246 g/mol. The van der Waals surface area contributed by atoms with Gasteiger partial charge in [-0.3, -0.25) is 4.98 Å². The molecule has 2 aromatic rings. The van der Waals surface area contributed by atoms with Gasteiger partial charge in [-0.1, -0.05) is 23.4 Å². The van der Waals surface area contributed by atoms with Crippen LogP contribution in [0.4, 0.5) is 0 Å². The Balaban J connectivity index is 2.06. The van der Waals surface area contributed by atoms with Crippen LogP contribution in [0.1, 0.15) is 11.3 Å². The smallest absolute Gasteiger partial charge is 0.188 e. The molecule has 4 nitrogen and oxygen atoms in total. The largest absolute Gasteiger partial charge is 0.409 e. The maximum absolute atomic E-state index is 8.60. The molecule has 2 rings (SSSR count). The predicted molar refractivity (Wildman–Crippen MR) is 72.8 cm³/mol. The fourth-order valence-corrected chi connectivity index (χ4v) is 2.30. The number of nitrogens with two attached hydrogens (primary N) is 1. The SMILES string of the molecule is NC(=NO)c1cc(CSc2ccccc2)ccn1. The molecule has 0 spiro atoms. The number of pyridine rings is 1. The van der Waals surface area contributed by atoms with Gasteiger partial charge in [-0.25, -0.2) is 0 Å². The summed E-state index contributed by atoms with van der Waals surface area (Å²) in [4.78, 5) is 5.25. The van der Waals surface area contributed by atoms with Gasteiger partial charge in [-0.05, 0) is 29.8 Å². The lowest BCUT2D eigenvalue weighted by atomic mass is 10.2. The molecule has 5 heteroatoms. The van der Waals surface area contributed by atoms with Crippen molar-refractivity contribution in [2.75, 3.05) is 0 Å². The van der Waals surface area contributed by atoms with E-state index in [1.807, 2.05) is 30.3 Å². The van der Waals surface area contributed by atoms with Crippen molar-refractivity contribution in [3.63, 3.8) is 0 Å². The number of benzene rings is 1. The van der Waals surface area contributed by atoms with Gasteiger partial charge in [0.25, 0.3) is 0 Å². The first-order chi connectivity index (χ1) is 8.79. The second-order valence-electron chi connectivity index (χ2n) is 3.64. The molecular formula is C13H13N3OS. The molecule has 0 aliphatic heterocycles. The third-order valence-electron chi connectivity index (χ3n) is 2.34. The van der Waals surface area contributed by atoms with Crippen molar-refractivity contribution in [3.8, 4) is 0 Å². The number of thioether (sulfide) groups is 1. The number of hydrogen-bond donors (Lipinski definition) is 2. The lowest BCUT2D eigenvalue weighted by Crippen LogP contribution is -2.15. The van der Waals surface area contributed by atoms with Gasteiger partial charge in [0.05, 0.1) is 0 Å². The van der Waals surface area contributed by atoms with Crippen LogP contribution >= 0.6 is 11.8 Å². The summed E-state index contributed by atoms with van der Waals surface area (Å²) >= 11 is 1.73. The molecule has 0 saturated carbocycles. The average molecular weight is 259 g/mol. The average Bonchev–Trinajstić information content (AvgIpc) is 2.45. The summed E-state index contributed by atoms with van der Waals surface area (Å²) in [6, 6.07) is 13.9. The van der Waals surface area contributed by atoms with Crippen LogP contribution < -0.4 is 5.73 Å². The lowest BCUT2D eigenvalue weighted by Gasteiger charge is -2.03. The van der Waals surface area contributed by atoms with Crippen LogP contribution in [0.3, 0.4) is 0 Å². The van der Waals surface area contributed by atoms with Crippen LogP contribution in [0.25, 0.3) is 0 Å². The number of amidine groups is 1. The highest BCUT2D eigenvalue weighted by atomic mass is 32.2. The van der Waals surface area contributed by atoms with Gasteiger partial charge in [-0.2, -0.15) is 0 Å². The molecule has 0 amide bonds. The Kier molecular flexibility index (Phi) is 4.20. The molecule has 92 valence electrons. The zero-order valence-electron chi connectivity index (χ0n) is 9.65. The van der Waals surface area contributed by atoms with E-state index in [-0.39, 0.29) is 5.84 Å². The van der Waals surface area contributed by atoms with Gasteiger partial charge in [0.1, 0.15) is 5.69 Å². The van der Waals surface area contributed by atoms with Gasteiger partial charge in [0.2, 0.25) is 0 Å². The lowest BCUT2D eigenvalue weighted by molar-refractivity contribution is 0.318. The van der Waals surface area contributed by atoms with E-state index >= 15 is 0 Å². The second kappa shape index (κ2) is 6.07. The highest BCUT2D eigenvalue weighted by Crippen LogP contribution is 2.22. The Morgan fingerprint density at radius 1 is 1.28 bits per heavy atom. The van der Waals surface area contributed by atoms with Gasteiger partial charge < -0.3 is 10.9 Å². The monoisotopic (exact) mass is 259 g/mol. The van der Waals surface area contributed by atoms with Crippen molar-refractivity contribution in [2.24, 2.45) is 10.9 Å². The second-order valence-corrected chi connectivity index (χ2v) is 4.69. The van der Waals surface area contributed by atoms with Crippen LogP contribution in [-0.4, -0.2) is 16.0 Å². The van der Waals surface area contributed by atoms with Crippen molar-refractivity contribution < 1.29 is 5.21 Å². The quantitative estimate of drug-likeness (QED) is 0.291. The minimum absolute atomic E-state index is 0.0292. The van der Waals surface area contributed by atoms with Gasteiger partial charge in [0, 0.05) is 16.8 Å². The highest BCUT2D eigenvalue weighted by Gasteiger charge is 2.02. The fraction of sp³-hybridized carbons (Fsp3) is 0.0769. The Morgan fingerprint density at radius 2 is 2.06 bits per heavy atom. The Labute approximate surface area is 110 Å². The van der Waals surface area contributed by atoms with Crippen molar-refractivity contribution in [1.29, 1.82) is 0 Å². The minimum atomic E-state index is 0.0292. The summed E-state index contributed by atoms with van der Waals surface area (Å²) in [6.07, 6.45) is 1.66. The maximum Gasteiger partial charge on any atom is 0.188 e. The third-order valence-corrected chi connectivity index (χ3v) is 3.43. The topological polar surface area (TPSA) is 71.5 Å². The molecule has 0 fully saturated rings. The van der Waals surface area contributed by atoms with Crippen LogP contribution in [0, 0.1) is 0 Å². The summed E-state index contributed by atoms with van der Waals surface area (Å²) in [6.45, 7) is 0. The number of nitrogens with zero attached hydrogens (tertiary/aromatic N) is 2. The van der Waals surface area contributed by atoms with Crippen molar-refractivity contribution in [1.82, 2.24) is 4.98 Å². The summed E-state index contributed by atoms with van der Waals surface area (Å²) in [7, 11) is 0. The molecule has 1 aromatic heterocycles. The first-order valence-corrected chi connectivity index (χ1v) is 6.39. The van der Waals surface area contributed by atoms with E-state index in [0.29, 0.717) is 5.69 Å². The van der Waals surface area contributed by atoms with E-state index in [4.69, 9.17) is 10.9 Å². The van der Waals surface area contributed by atoms with E-state index in [0.717, 1.165) is 11.3 Å². The number of hydrogen-bond acceptors (Lipinski definition) is 4. The molecule has 0 unspecified atom stereocenters. The fourth-order valence-electron chi connectivity index (χ4n) is 1.44. The predicted octanol–water partition coefficient (Wildman–Crippen LogP) is 2.47. The van der Waals surface area contributed by atoms with Crippen molar-refractivity contribution >= 4 is 17.6 Å². The maximum atomic E-state index is 8.60. The van der Waals surface area contributed by atoms with E-state index in [2.05, 4.69) is 22.3 Å². The first kappa shape index (κ1) is 12.4. The molecule has 0 bridgehead atoms. The van der Waals surface area contributed by atoms with Crippen LogP contribution in [0.15, 0.2) is 58.7 Å². The molecule has 3 N–H and O–H groups in total. The summed E-state index contributed by atoms with van der Waals surface area (Å²) in [5, 5.41) is 11.5. The Morgan fingerprint density at radius 3 is 2.78 bits per heavy atom. The molecule has 0 aliphatic rings. The van der Waals surface area contributed by atoms with E-state index in [1.165, 1.54) is 4.90 Å². The molecule has 1 aromatic carbocycles. The van der Waals surface area contributed by atoms with E-state index in [9.17, 15) is 0 Å². The van der Waals surface area contributed by atoms with Gasteiger partial charge in [0.15, 0.2) is 5.84 Å². The highest BCUT2D eigenvalue weighted by molar-refractivity contribution is 7.98. The standard InChI is InChI=1S/C13H13N3OS/c14-13(16-17)12-8-10(6-7-15-12)9-18-11-4-2-1-3-5-11/h1-8,17H,9H2,(H2,14,16). The van der Waals surface area contributed by atoms with Crippen LogP contribution in [0.2, 0.25) is 0 Å². The van der Waals surface area contributed by atoms with Crippen molar-refractivity contribution in [3.05, 3.63) is 59.9 Å². The molecule has 0 atom stereocenters. The van der Waals surface area contributed by atoms with Gasteiger partial charge in [-0.15, -0.1) is 11.8 Å². The van der Waals surface area contributed by atoms with Crippen LogP contribution in [-0.2, 0) is 5.75 Å². The summed E-state index contributed by atoms with van der Waals surface area (Å²) in [5.74, 6) is 0.847. The number of oxime groups is 1. The molecule has 0 radical (unpaired) electrons. The third kappa shape index (κ3) is 3.24. The minimum Gasteiger partial charge on any atom is -0.409 e. The zero-order chi connectivity index (χ0) is 12.8. The molecule has 0 saturated heterocycles. The summed E-state index contributed by atoms with van der Waals surface area (Å²) < 4.78 is 0. The number of rotatable bonds is 4. The molecule has 0 aliphatic carbocycles. The zero-order valence-corrected chi connectivity index (χ0v) is 10.5. The van der Waals surface area contributed by atoms with Crippen molar-refractivity contribution in [2.45, 2.75) is 10.6 Å². The Hall–Kier alpha value is -2.01. The Bertz CT molecular complexity index is 543. The molecule has 18 heavy (non-hydrogen) atoms. The van der Waals surface area contributed by atoms with E-state index in [1.54, 1.807) is 18.0 Å². The first-order valence-electron chi connectivity index (χ1n) is 5.40. The van der Waals surface area contributed by atoms with E-state index < -0.39 is 0 Å². The number of aromatic nitrogens is 1. The van der Waals surface area contributed by atoms with Crippen LogP contribution in [0.5, 0.6) is 0 Å².